The van der Waals surface area contributed by atoms with E-state index in [1.165, 1.54) is 31.5 Å². The Kier molecular flexibility index (Phi) is 4.12. The smallest absolute Gasteiger partial charge is 0.147 e. The highest BCUT2D eigenvalue weighted by Crippen LogP contribution is 2.38. The SMILES string of the molecule is Cc1nc(C)n(C[C@@H]2CCCN(Cc3nnc(C4CC4)n3C)C2)n1. The maximum absolute atomic E-state index is 4.52. The van der Waals surface area contributed by atoms with Gasteiger partial charge in [0.25, 0.3) is 0 Å². The standard InChI is InChI=1S/C17H27N7/c1-12-18-13(2)24(21-12)10-14-5-4-8-23(9-14)11-16-19-20-17(22(16)3)15-6-7-15/h14-15H,4-11H2,1-3H3/t14-/m1/s1. The van der Waals surface area contributed by atoms with Gasteiger partial charge in [0.2, 0.25) is 0 Å². The molecule has 2 aromatic heterocycles. The van der Waals surface area contributed by atoms with E-state index in [0.717, 1.165) is 43.7 Å². The number of aryl methyl sites for hydroxylation is 2. The summed E-state index contributed by atoms with van der Waals surface area (Å²) in [6.07, 6.45) is 5.05. The molecule has 2 aliphatic rings. The fraction of sp³-hybridized carbons (Fsp3) is 0.765. The molecule has 1 saturated carbocycles. The normalized spacial score (nSPS) is 22.2. The van der Waals surface area contributed by atoms with Gasteiger partial charge in [0.15, 0.2) is 0 Å². The summed E-state index contributed by atoms with van der Waals surface area (Å²) in [5.41, 5.74) is 0. The van der Waals surface area contributed by atoms with Gasteiger partial charge in [0.05, 0.1) is 6.54 Å². The maximum Gasteiger partial charge on any atom is 0.147 e. The first-order chi connectivity index (χ1) is 11.6. The van der Waals surface area contributed by atoms with Crippen LogP contribution < -0.4 is 0 Å². The van der Waals surface area contributed by atoms with E-state index in [9.17, 15) is 0 Å². The fourth-order valence-corrected chi connectivity index (χ4v) is 3.83. The summed E-state index contributed by atoms with van der Waals surface area (Å²) in [4.78, 5) is 6.94. The van der Waals surface area contributed by atoms with Crippen molar-refractivity contribution in [3.63, 3.8) is 0 Å². The topological polar surface area (TPSA) is 64.7 Å². The number of piperidine rings is 1. The minimum Gasteiger partial charge on any atom is -0.317 e. The van der Waals surface area contributed by atoms with Crippen LogP contribution in [0.2, 0.25) is 0 Å². The molecule has 7 nitrogen and oxygen atoms in total. The van der Waals surface area contributed by atoms with Crippen LogP contribution >= 0.6 is 0 Å². The first-order valence-corrected chi connectivity index (χ1v) is 9.08. The molecule has 0 aromatic carbocycles. The van der Waals surface area contributed by atoms with Crippen LogP contribution in [-0.4, -0.2) is 47.5 Å². The Balaban J connectivity index is 1.39. The van der Waals surface area contributed by atoms with Crippen molar-refractivity contribution in [2.75, 3.05) is 13.1 Å². The van der Waals surface area contributed by atoms with E-state index in [1.54, 1.807) is 0 Å². The molecule has 0 bridgehead atoms. The highest BCUT2D eigenvalue weighted by atomic mass is 15.3. The summed E-state index contributed by atoms with van der Waals surface area (Å²) < 4.78 is 4.28. The van der Waals surface area contributed by atoms with E-state index < -0.39 is 0 Å². The number of hydrogen-bond acceptors (Lipinski definition) is 5. The Morgan fingerprint density at radius 2 is 1.96 bits per heavy atom. The molecule has 0 N–H and O–H groups in total. The van der Waals surface area contributed by atoms with E-state index in [1.807, 2.05) is 13.8 Å². The minimum absolute atomic E-state index is 0.634. The Labute approximate surface area is 143 Å². The second-order valence-electron chi connectivity index (χ2n) is 7.44. The lowest BCUT2D eigenvalue weighted by Crippen LogP contribution is -2.37. The van der Waals surface area contributed by atoms with E-state index in [4.69, 9.17) is 0 Å². The van der Waals surface area contributed by atoms with Gasteiger partial charge in [0.1, 0.15) is 23.3 Å². The second-order valence-corrected chi connectivity index (χ2v) is 7.44. The molecule has 7 heteroatoms. The average molecular weight is 329 g/mol. The van der Waals surface area contributed by atoms with Crippen LogP contribution in [0.3, 0.4) is 0 Å². The predicted molar refractivity (Wildman–Crippen MR) is 90.5 cm³/mol. The molecule has 2 fully saturated rings. The van der Waals surface area contributed by atoms with Gasteiger partial charge in [-0.3, -0.25) is 4.90 Å². The predicted octanol–water partition coefficient (Wildman–Crippen LogP) is 1.81. The molecule has 1 aliphatic heterocycles. The van der Waals surface area contributed by atoms with Gasteiger partial charge in [-0.15, -0.1) is 10.2 Å². The number of rotatable bonds is 5. The van der Waals surface area contributed by atoms with E-state index in [-0.39, 0.29) is 0 Å². The van der Waals surface area contributed by atoms with Crippen LogP contribution in [0, 0.1) is 19.8 Å². The first-order valence-electron chi connectivity index (χ1n) is 9.08. The van der Waals surface area contributed by atoms with Crippen molar-refractivity contribution in [3.05, 3.63) is 23.3 Å². The molecule has 24 heavy (non-hydrogen) atoms. The van der Waals surface area contributed by atoms with Gasteiger partial charge in [0, 0.05) is 26.1 Å². The van der Waals surface area contributed by atoms with Crippen LogP contribution in [0.1, 0.15) is 54.9 Å². The van der Waals surface area contributed by atoms with Crippen LogP contribution in [0.15, 0.2) is 0 Å². The summed E-state index contributed by atoms with van der Waals surface area (Å²) in [6, 6.07) is 0. The lowest BCUT2D eigenvalue weighted by molar-refractivity contribution is 0.148. The zero-order valence-corrected chi connectivity index (χ0v) is 14.9. The number of aromatic nitrogens is 6. The first kappa shape index (κ1) is 15.7. The third kappa shape index (κ3) is 3.22. The largest absolute Gasteiger partial charge is 0.317 e. The lowest BCUT2D eigenvalue weighted by atomic mass is 9.98. The summed E-state index contributed by atoms with van der Waals surface area (Å²) in [5, 5.41) is 13.4. The zero-order chi connectivity index (χ0) is 16.7. The van der Waals surface area contributed by atoms with Crippen molar-refractivity contribution in [2.24, 2.45) is 13.0 Å². The Bertz CT molecular complexity index is 713. The number of hydrogen-bond donors (Lipinski definition) is 0. The van der Waals surface area contributed by atoms with Crippen LogP contribution in [-0.2, 0) is 20.1 Å². The highest BCUT2D eigenvalue weighted by molar-refractivity contribution is 5.07. The van der Waals surface area contributed by atoms with Crippen LogP contribution in [0.5, 0.6) is 0 Å². The number of likely N-dealkylation sites (tertiary alicyclic amines) is 1. The number of nitrogens with zero attached hydrogens (tertiary/aromatic N) is 7. The summed E-state index contributed by atoms with van der Waals surface area (Å²) in [7, 11) is 2.12. The van der Waals surface area contributed by atoms with Crippen molar-refractivity contribution in [2.45, 2.75) is 58.5 Å². The van der Waals surface area contributed by atoms with Gasteiger partial charge < -0.3 is 4.57 Å². The molecule has 0 unspecified atom stereocenters. The van der Waals surface area contributed by atoms with Crippen LogP contribution in [0.25, 0.3) is 0 Å². The fourth-order valence-electron chi connectivity index (χ4n) is 3.83. The van der Waals surface area contributed by atoms with Crippen molar-refractivity contribution in [3.8, 4) is 0 Å². The summed E-state index contributed by atoms with van der Waals surface area (Å²) >= 11 is 0. The zero-order valence-electron chi connectivity index (χ0n) is 14.9. The lowest BCUT2D eigenvalue weighted by Gasteiger charge is -2.32. The van der Waals surface area contributed by atoms with Crippen molar-refractivity contribution in [1.29, 1.82) is 0 Å². The molecule has 2 aromatic rings. The summed E-state index contributed by atoms with van der Waals surface area (Å²) in [5.74, 6) is 5.45. The summed E-state index contributed by atoms with van der Waals surface area (Å²) in [6.45, 7) is 8.13. The van der Waals surface area contributed by atoms with Crippen molar-refractivity contribution < 1.29 is 0 Å². The monoisotopic (exact) mass is 329 g/mol. The van der Waals surface area contributed by atoms with E-state index in [2.05, 4.69) is 41.5 Å². The molecular weight excluding hydrogens is 302 g/mol. The molecular formula is C17H27N7. The van der Waals surface area contributed by atoms with Crippen LogP contribution in [0.4, 0.5) is 0 Å². The maximum atomic E-state index is 4.52. The third-order valence-corrected chi connectivity index (χ3v) is 5.30. The van der Waals surface area contributed by atoms with Gasteiger partial charge in [-0.1, -0.05) is 0 Å². The van der Waals surface area contributed by atoms with E-state index in [0.29, 0.717) is 11.8 Å². The molecule has 1 saturated heterocycles. The highest BCUT2D eigenvalue weighted by Gasteiger charge is 2.30. The quantitative estimate of drug-likeness (QED) is 0.837. The second kappa shape index (κ2) is 6.27. The molecule has 1 aliphatic carbocycles. The Morgan fingerprint density at radius 1 is 1.12 bits per heavy atom. The van der Waals surface area contributed by atoms with Gasteiger partial charge in [-0.25, -0.2) is 9.67 Å². The Hall–Kier alpha value is -1.76. The molecule has 0 amide bonds. The molecule has 1 atom stereocenters. The third-order valence-electron chi connectivity index (χ3n) is 5.30. The van der Waals surface area contributed by atoms with Gasteiger partial charge in [-0.05, 0) is 52.0 Å². The minimum atomic E-state index is 0.634. The molecule has 3 heterocycles. The molecule has 130 valence electrons. The molecule has 4 rings (SSSR count). The van der Waals surface area contributed by atoms with Crippen molar-refractivity contribution >= 4 is 0 Å². The average Bonchev–Trinajstić information content (AvgIpc) is 3.25. The van der Waals surface area contributed by atoms with Gasteiger partial charge in [-0.2, -0.15) is 5.10 Å². The van der Waals surface area contributed by atoms with Crippen molar-refractivity contribution in [1.82, 2.24) is 34.4 Å². The molecule has 0 radical (unpaired) electrons. The van der Waals surface area contributed by atoms with Gasteiger partial charge >= 0.3 is 0 Å². The van der Waals surface area contributed by atoms with E-state index >= 15 is 0 Å². The Morgan fingerprint density at radius 3 is 2.67 bits per heavy atom. The molecule has 0 spiro atoms.